The van der Waals surface area contributed by atoms with Crippen LogP contribution in [-0.4, -0.2) is 59.0 Å². The lowest BCUT2D eigenvalue weighted by Gasteiger charge is -2.12. The molecule has 9 aromatic heterocycles. The molecule has 0 aliphatic carbocycles. The molecule has 0 bridgehead atoms. The molecule has 0 radical (unpaired) electrons. The normalized spacial score (nSPS) is 9.85. The largest absolute Gasteiger partial charge is 0.494 e. The molecule has 0 aliphatic heterocycles. The maximum atomic E-state index is 13.2. The van der Waals surface area contributed by atoms with Gasteiger partial charge in [-0.15, -0.1) is 0 Å². The second-order valence-corrected chi connectivity index (χ2v) is 22.2. The van der Waals surface area contributed by atoms with Crippen LogP contribution in [0, 0.1) is 65.2 Å². The van der Waals surface area contributed by atoms with Crippen LogP contribution < -0.4 is 20.7 Å². The molecule has 434 valence electrons. The molecule has 0 fully saturated rings. The van der Waals surface area contributed by atoms with Crippen LogP contribution in [0.15, 0.2) is 91.5 Å². The number of alkyl halides is 4. The zero-order valence-electron chi connectivity index (χ0n) is 41.5. The Morgan fingerprint density at radius 3 is 1.32 bits per heavy atom. The first-order valence-electron chi connectivity index (χ1n) is 21.6. The fraction of sp³-hybridized carbons (Fsp3) is 0.352. The SMILES string of the molecule is C.C.C.C.C.C.CC(F)(F)c1ccc(Oc2ncccc2B(O)O)cn1.Cc1cc(C)sn1.Cc1cc(I)sn1.Cc1cc(N)sn1.Cc1nsc(C)c1-c1cccnc1Oc1ccc(C(C)(F)F)nc1.Cc1nsc(C)c1C. The van der Waals surface area contributed by atoms with Crippen molar-refractivity contribution in [1.29, 1.82) is 0 Å². The van der Waals surface area contributed by atoms with E-state index in [0.717, 1.165) is 69.9 Å². The third-order valence-electron chi connectivity index (χ3n) is 9.34. The molecular weight excluding hydrogens is 1230 g/mol. The number of aromatic nitrogens is 9. The van der Waals surface area contributed by atoms with E-state index in [9.17, 15) is 17.6 Å². The van der Waals surface area contributed by atoms with Gasteiger partial charge in [-0.05, 0) is 209 Å². The number of nitrogens with zero attached hydrogens (tertiary/aromatic N) is 9. The number of hydrogen-bond acceptors (Lipinski definition) is 19. The minimum Gasteiger partial charge on any atom is -0.438 e. The van der Waals surface area contributed by atoms with Gasteiger partial charge in [-0.2, -0.15) is 39.4 Å². The third kappa shape index (κ3) is 26.2. The van der Waals surface area contributed by atoms with E-state index in [4.69, 9.17) is 25.3 Å². The van der Waals surface area contributed by atoms with Gasteiger partial charge in [-0.3, -0.25) is 9.97 Å². The fourth-order valence-electron chi connectivity index (χ4n) is 5.57. The quantitative estimate of drug-likeness (QED) is 0.0737. The van der Waals surface area contributed by atoms with E-state index >= 15 is 0 Å². The first-order chi connectivity index (χ1) is 34.3. The maximum Gasteiger partial charge on any atom is 0.494 e. The number of halogens is 5. The minimum atomic E-state index is -3.03. The highest BCUT2D eigenvalue weighted by molar-refractivity contribution is 14.1. The van der Waals surface area contributed by atoms with Crippen molar-refractivity contribution in [3.63, 3.8) is 0 Å². The van der Waals surface area contributed by atoms with Gasteiger partial charge in [-0.1, -0.05) is 50.6 Å². The summed E-state index contributed by atoms with van der Waals surface area (Å²) >= 11 is 9.68. The summed E-state index contributed by atoms with van der Waals surface area (Å²) in [6, 6.07) is 17.8. The highest BCUT2D eigenvalue weighted by Gasteiger charge is 2.27. The van der Waals surface area contributed by atoms with Crippen molar-refractivity contribution >= 4 is 97.8 Å². The van der Waals surface area contributed by atoms with Gasteiger partial charge in [0.2, 0.25) is 11.8 Å². The van der Waals surface area contributed by atoms with Crippen LogP contribution in [0.4, 0.5) is 22.6 Å². The molecule has 25 heteroatoms. The zero-order valence-corrected chi connectivity index (χ0v) is 47.7. The molecule has 0 aliphatic rings. The molecule has 79 heavy (non-hydrogen) atoms. The van der Waals surface area contributed by atoms with Crippen LogP contribution in [0.2, 0.25) is 0 Å². The number of nitrogens with two attached hydrogens (primary N) is 1. The van der Waals surface area contributed by atoms with Gasteiger partial charge in [0, 0.05) is 57.5 Å². The van der Waals surface area contributed by atoms with E-state index in [-0.39, 0.29) is 73.0 Å². The average Bonchev–Trinajstić information content (AvgIpc) is 4.17. The summed E-state index contributed by atoms with van der Waals surface area (Å²) in [4.78, 5) is 19.1. The number of ether oxygens (including phenoxy) is 2. The van der Waals surface area contributed by atoms with Crippen molar-refractivity contribution in [3.05, 3.63) is 154 Å². The van der Waals surface area contributed by atoms with Crippen molar-refractivity contribution in [2.24, 2.45) is 0 Å². The van der Waals surface area contributed by atoms with Gasteiger partial charge in [0.1, 0.15) is 27.9 Å². The summed E-state index contributed by atoms with van der Waals surface area (Å²) in [5, 5.41) is 19.1. The summed E-state index contributed by atoms with van der Waals surface area (Å²) in [7, 11) is -1.74. The summed E-state index contributed by atoms with van der Waals surface area (Å²) in [5.74, 6) is -5.14. The molecule has 0 saturated carbocycles. The van der Waals surface area contributed by atoms with Crippen molar-refractivity contribution in [2.75, 3.05) is 5.73 Å². The first kappa shape index (κ1) is 77.8. The molecule has 9 heterocycles. The molecular formula is C54H76BF4IN10O4S5. The lowest BCUT2D eigenvalue weighted by atomic mass is 9.81. The molecule has 14 nitrogen and oxygen atoms in total. The second-order valence-electron chi connectivity index (χ2n) is 15.7. The Kier molecular flexibility index (Phi) is 36.2. The highest BCUT2D eigenvalue weighted by Crippen LogP contribution is 2.37. The van der Waals surface area contributed by atoms with Gasteiger partial charge in [0.05, 0.1) is 43.7 Å². The van der Waals surface area contributed by atoms with E-state index < -0.39 is 19.0 Å². The lowest BCUT2D eigenvalue weighted by Crippen LogP contribution is -2.31. The van der Waals surface area contributed by atoms with Crippen molar-refractivity contribution < 1.29 is 37.1 Å². The Hall–Kier alpha value is -5.42. The van der Waals surface area contributed by atoms with E-state index in [1.807, 2.05) is 59.7 Å². The number of rotatable bonds is 8. The first-order valence-corrected chi connectivity index (χ1v) is 26.6. The van der Waals surface area contributed by atoms with Crippen LogP contribution in [-0.2, 0) is 11.8 Å². The van der Waals surface area contributed by atoms with Gasteiger partial charge in [-0.25, -0.2) is 9.97 Å². The molecule has 4 N–H and O–H groups in total. The molecule has 0 saturated heterocycles. The zero-order chi connectivity index (χ0) is 54.0. The summed E-state index contributed by atoms with van der Waals surface area (Å²) < 4.78 is 85.3. The van der Waals surface area contributed by atoms with E-state index in [0.29, 0.717) is 11.6 Å². The topological polar surface area (TPSA) is 201 Å². The third-order valence-corrected chi connectivity index (χ3v) is 14.2. The second kappa shape index (κ2) is 36.8. The van der Waals surface area contributed by atoms with E-state index in [1.165, 1.54) is 89.7 Å². The average molecular weight is 1300 g/mol. The number of anilines is 1. The molecule has 0 atom stereocenters. The Bertz CT molecular complexity index is 2910. The molecule has 0 aromatic carbocycles. The monoisotopic (exact) mass is 1300 g/mol. The smallest absolute Gasteiger partial charge is 0.438 e. The predicted octanol–water partition coefficient (Wildman–Crippen LogP) is 16.9. The summed E-state index contributed by atoms with van der Waals surface area (Å²) in [6.07, 6.45) is 5.42. The number of nitrogen functional groups attached to an aromatic ring is 1. The van der Waals surface area contributed by atoms with E-state index in [1.54, 1.807) is 40.8 Å². The van der Waals surface area contributed by atoms with Gasteiger partial charge >= 0.3 is 7.12 Å². The minimum absolute atomic E-state index is 0. The Morgan fingerprint density at radius 1 is 0.544 bits per heavy atom. The van der Waals surface area contributed by atoms with Crippen LogP contribution in [0.5, 0.6) is 23.3 Å². The van der Waals surface area contributed by atoms with Crippen molar-refractivity contribution in [3.8, 4) is 34.4 Å². The highest BCUT2D eigenvalue weighted by atomic mass is 127. The molecule has 0 amide bonds. The van der Waals surface area contributed by atoms with Crippen LogP contribution in [0.1, 0.15) is 118 Å². The van der Waals surface area contributed by atoms with E-state index in [2.05, 4.69) is 97.3 Å². The Labute approximate surface area is 500 Å². The van der Waals surface area contributed by atoms with Crippen LogP contribution in [0.25, 0.3) is 11.1 Å². The number of aryl methyl sites for hydroxylation is 8. The van der Waals surface area contributed by atoms with Crippen LogP contribution in [0.3, 0.4) is 0 Å². The number of hydrogen-bond donors (Lipinski definition) is 3. The van der Waals surface area contributed by atoms with Gasteiger partial charge < -0.3 is 25.3 Å². The van der Waals surface area contributed by atoms with Crippen molar-refractivity contribution in [1.82, 2.24) is 41.8 Å². The summed E-state index contributed by atoms with van der Waals surface area (Å²) in [6.45, 7) is 19.7. The number of pyridine rings is 4. The maximum absolute atomic E-state index is 13.2. The Balaban J connectivity index is -0.000000937. The molecule has 9 aromatic rings. The predicted molar refractivity (Wildman–Crippen MR) is 336 cm³/mol. The van der Waals surface area contributed by atoms with Crippen LogP contribution >= 0.6 is 80.3 Å². The lowest BCUT2D eigenvalue weighted by molar-refractivity contribution is 0.0120. The van der Waals surface area contributed by atoms with Gasteiger partial charge in [0.15, 0.2) is 0 Å². The molecule has 0 spiro atoms. The Morgan fingerprint density at radius 2 is 1.01 bits per heavy atom. The molecule has 9 rings (SSSR count). The van der Waals surface area contributed by atoms with Crippen molar-refractivity contribution in [2.45, 2.75) is 133 Å². The van der Waals surface area contributed by atoms with Gasteiger partial charge in [0.25, 0.3) is 11.8 Å². The standard InChI is InChI=1S/C17H15F2N3OS.C12H11BF2N2O3.C6H9NS.C5H7NS.C4H4INS.C4H6N2S.6CH4/c1-10-15(11(2)24-22-10)13-5-4-8-20-16(13)23-12-6-7-14(21-9-12)17(3,18)19;1-12(14,15)10-5-4-8(7-17-10)20-11-9(13(18)19)3-2-6-16-11;1-4-5(2)7-8-6(4)3;1-4-3-5(2)7-6-4;2*1-3-2-4(5)7-6-3;;;;;;/h4-9H,1-3H3;2-7,18-19H,1H3;1-3H3;3H,1-2H3;2H,1H3;2H,5H2,1H3;6*1H4. The molecule has 0 unspecified atom stereocenters. The fourth-order valence-corrected chi connectivity index (χ4v) is 9.33. The summed E-state index contributed by atoms with van der Waals surface area (Å²) in [5.41, 5.74) is 13.2.